The fraction of sp³-hybridized carbons (Fsp3) is 0.739. The fourth-order valence-electron chi connectivity index (χ4n) is 4.37. The summed E-state index contributed by atoms with van der Waals surface area (Å²) in [5.74, 6) is 0.962. The fourth-order valence-corrected chi connectivity index (χ4v) is 4.37. The molecular weight excluding hydrogens is 487 g/mol. The van der Waals surface area contributed by atoms with Crippen LogP contribution in [0.1, 0.15) is 57.1 Å². The standard InChI is InChI=1S/C23H40N6.HI/c1-24-23(26-14-5-2-7-15-28-16-8-3-9-17-28)27-21-11-18-29(19-12-21)20-22-10-4-6-13-25-22;/h4,6,10,13,21H,2-3,5,7-9,11-12,14-20H2,1H3,(H2,24,26,27);1H. The van der Waals surface area contributed by atoms with Crippen molar-refractivity contribution in [3.05, 3.63) is 30.1 Å². The molecule has 0 aromatic carbocycles. The molecule has 0 saturated carbocycles. The molecule has 2 N–H and O–H groups in total. The second-order valence-electron chi connectivity index (χ2n) is 8.48. The molecule has 30 heavy (non-hydrogen) atoms. The number of nitrogens with one attached hydrogen (secondary N) is 2. The Kier molecular flexibility index (Phi) is 12.6. The zero-order chi connectivity index (χ0) is 20.2. The first-order chi connectivity index (χ1) is 14.3. The van der Waals surface area contributed by atoms with E-state index < -0.39 is 0 Å². The smallest absolute Gasteiger partial charge is 0.191 e. The van der Waals surface area contributed by atoms with Crippen molar-refractivity contribution < 1.29 is 0 Å². The minimum atomic E-state index is 0. The van der Waals surface area contributed by atoms with Gasteiger partial charge in [0.1, 0.15) is 0 Å². The van der Waals surface area contributed by atoms with Gasteiger partial charge in [-0.1, -0.05) is 18.9 Å². The summed E-state index contributed by atoms with van der Waals surface area (Å²) in [6.45, 7) is 8.11. The van der Waals surface area contributed by atoms with E-state index in [1.54, 1.807) is 0 Å². The van der Waals surface area contributed by atoms with Crippen molar-refractivity contribution in [1.82, 2.24) is 25.4 Å². The molecule has 0 atom stereocenters. The van der Waals surface area contributed by atoms with E-state index in [0.29, 0.717) is 6.04 Å². The minimum absolute atomic E-state index is 0. The summed E-state index contributed by atoms with van der Waals surface area (Å²) in [6.07, 6.45) is 12.2. The Morgan fingerprint density at radius 3 is 2.53 bits per heavy atom. The number of halogens is 1. The SMILES string of the molecule is CN=C(NCCCCCN1CCCCC1)NC1CCN(Cc2ccccn2)CC1.I. The second-order valence-corrected chi connectivity index (χ2v) is 8.48. The lowest BCUT2D eigenvalue weighted by atomic mass is 10.0. The van der Waals surface area contributed by atoms with Gasteiger partial charge in [0.05, 0.1) is 5.69 Å². The van der Waals surface area contributed by atoms with Crippen LogP contribution >= 0.6 is 24.0 Å². The molecule has 3 rings (SSSR count). The van der Waals surface area contributed by atoms with Gasteiger partial charge in [-0.2, -0.15) is 0 Å². The van der Waals surface area contributed by atoms with Gasteiger partial charge >= 0.3 is 0 Å². The van der Waals surface area contributed by atoms with E-state index in [-0.39, 0.29) is 24.0 Å². The van der Waals surface area contributed by atoms with Gasteiger partial charge in [0.15, 0.2) is 5.96 Å². The van der Waals surface area contributed by atoms with E-state index in [2.05, 4.69) is 42.5 Å². The first-order valence-electron chi connectivity index (χ1n) is 11.7. The number of hydrogen-bond acceptors (Lipinski definition) is 4. The van der Waals surface area contributed by atoms with Crippen LogP contribution in [0, 0.1) is 0 Å². The number of hydrogen-bond donors (Lipinski definition) is 2. The van der Waals surface area contributed by atoms with Crippen molar-refractivity contribution >= 4 is 29.9 Å². The van der Waals surface area contributed by atoms with Gasteiger partial charge in [0.25, 0.3) is 0 Å². The summed E-state index contributed by atoms with van der Waals surface area (Å²) in [5.41, 5.74) is 1.16. The molecule has 0 radical (unpaired) electrons. The van der Waals surface area contributed by atoms with Crippen molar-refractivity contribution in [3.8, 4) is 0 Å². The number of rotatable bonds is 9. The summed E-state index contributed by atoms with van der Waals surface area (Å²) in [5, 5.41) is 7.13. The quantitative estimate of drug-likeness (QED) is 0.223. The van der Waals surface area contributed by atoms with E-state index in [0.717, 1.165) is 50.7 Å². The summed E-state index contributed by atoms with van der Waals surface area (Å²) in [7, 11) is 1.88. The third kappa shape index (κ3) is 9.47. The number of unbranched alkanes of at least 4 members (excludes halogenated alkanes) is 2. The van der Waals surface area contributed by atoms with Crippen LogP contribution in [0.3, 0.4) is 0 Å². The van der Waals surface area contributed by atoms with Crippen LogP contribution in [0.2, 0.25) is 0 Å². The first kappa shape index (κ1) is 25.3. The number of guanidine groups is 1. The molecule has 2 aliphatic heterocycles. The van der Waals surface area contributed by atoms with Crippen molar-refractivity contribution in [3.63, 3.8) is 0 Å². The molecule has 2 fully saturated rings. The third-order valence-corrected chi connectivity index (χ3v) is 6.16. The predicted octanol–water partition coefficient (Wildman–Crippen LogP) is 3.49. The van der Waals surface area contributed by atoms with Gasteiger partial charge in [-0.25, -0.2) is 0 Å². The predicted molar refractivity (Wildman–Crippen MR) is 137 cm³/mol. The van der Waals surface area contributed by atoms with E-state index in [1.165, 1.54) is 58.2 Å². The van der Waals surface area contributed by atoms with Crippen molar-refractivity contribution in [2.24, 2.45) is 4.99 Å². The molecule has 0 aliphatic carbocycles. The number of pyridine rings is 1. The number of piperidine rings is 2. The molecule has 2 aliphatic rings. The Balaban J connectivity index is 0.00000320. The topological polar surface area (TPSA) is 55.8 Å². The molecule has 3 heterocycles. The van der Waals surface area contributed by atoms with Gasteiger partial charge in [0.2, 0.25) is 0 Å². The van der Waals surface area contributed by atoms with Crippen LogP contribution in [0.5, 0.6) is 0 Å². The number of likely N-dealkylation sites (tertiary alicyclic amines) is 2. The number of nitrogens with zero attached hydrogens (tertiary/aromatic N) is 4. The number of aromatic nitrogens is 1. The van der Waals surface area contributed by atoms with Gasteiger partial charge in [0, 0.05) is 45.5 Å². The summed E-state index contributed by atoms with van der Waals surface area (Å²) >= 11 is 0. The highest BCUT2D eigenvalue weighted by molar-refractivity contribution is 14.0. The van der Waals surface area contributed by atoms with E-state index in [9.17, 15) is 0 Å². The minimum Gasteiger partial charge on any atom is -0.356 e. The summed E-state index contributed by atoms with van der Waals surface area (Å²) < 4.78 is 0. The average Bonchev–Trinajstić information content (AvgIpc) is 2.78. The Hall–Kier alpha value is -0.930. The largest absolute Gasteiger partial charge is 0.356 e. The maximum atomic E-state index is 4.45. The molecule has 6 nitrogen and oxygen atoms in total. The summed E-state index contributed by atoms with van der Waals surface area (Å²) in [6, 6.07) is 6.68. The van der Waals surface area contributed by atoms with Gasteiger partial charge in [-0.05, 0) is 70.3 Å². The molecule has 170 valence electrons. The Morgan fingerprint density at radius 1 is 1.03 bits per heavy atom. The maximum Gasteiger partial charge on any atom is 0.191 e. The van der Waals surface area contributed by atoms with Crippen LogP contribution in [-0.2, 0) is 6.54 Å². The van der Waals surface area contributed by atoms with E-state index >= 15 is 0 Å². The van der Waals surface area contributed by atoms with Gasteiger partial charge in [-0.15, -0.1) is 24.0 Å². The molecule has 1 aromatic rings. The van der Waals surface area contributed by atoms with Crippen LogP contribution in [0.4, 0.5) is 0 Å². The molecule has 2 saturated heterocycles. The third-order valence-electron chi connectivity index (χ3n) is 6.16. The lowest BCUT2D eigenvalue weighted by Crippen LogP contribution is -2.48. The van der Waals surface area contributed by atoms with Crippen molar-refractivity contribution in [1.29, 1.82) is 0 Å². The zero-order valence-corrected chi connectivity index (χ0v) is 21.0. The van der Waals surface area contributed by atoms with Crippen LogP contribution < -0.4 is 10.6 Å². The van der Waals surface area contributed by atoms with Gasteiger partial charge in [-0.3, -0.25) is 14.9 Å². The van der Waals surface area contributed by atoms with Gasteiger partial charge < -0.3 is 15.5 Å². The Bertz CT molecular complexity index is 583. The lowest BCUT2D eigenvalue weighted by Gasteiger charge is -2.32. The molecule has 7 heteroatoms. The first-order valence-corrected chi connectivity index (χ1v) is 11.7. The molecule has 0 amide bonds. The zero-order valence-electron chi connectivity index (χ0n) is 18.7. The molecule has 0 unspecified atom stereocenters. The highest BCUT2D eigenvalue weighted by atomic mass is 127. The van der Waals surface area contributed by atoms with E-state index in [4.69, 9.17) is 0 Å². The highest BCUT2D eigenvalue weighted by Crippen LogP contribution is 2.13. The Morgan fingerprint density at radius 2 is 1.83 bits per heavy atom. The normalized spacial score (nSPS) is 19.3. The van der Waals surface area contributed by atoms with E-state index in [1.807, 2.05) is 19.3 Å². The monoisotopic (exact) mass is 528 g/mol. The average molecular weight is 529 g/mol. The molecule has 1 aromatic heterocycles. The number of aliphatic imine (C=N–C) groups is 1. The van der Waals surface area contributed by atoms with Crippen LogP contribution in [-0.4, -0.2) is 73.1 Å². The second kappa shape index (κ2) is 15.0. The maximum absolute atomic E-state index is 4.45. The molecule has 0 bridgehead atoms. The van der Waals surface area contributed by atoms with Crippen molar-refractivity contribution in [2.45, 2.75) is 64.0 Å². The highest BCUT2D eigenvalue weighted by Gasteiger charge is 2.20. The molecular formula is C23H41IN6. The van der Waals surface area contributed by atoms with Crippen LogP contribution in [0.15, 0.2) is 29.4 Å². The summed E-state index contributed by atoms with van der Waals surface area (Å²) in [4.78, 5) is 14.0. The lowest BCUT2D eigenvalue weighted by molar-refractivity contribution is 0.196. The van der Waals surface area contributed by atoms with Crippen molar-refractivity contribution in [2.75, 3.05) is 46.3 Å². The molecule has 0 spiro atoms. The Labute approximate surface area is 200 Å². The van der Waals surface area contributed by atoms with Crippen LogP contribution in [0.25, 0.3) is 0 Å².